The van der Waals surface area contributed by atoms with Crippen LogP contribution in [0.5, 0.6) is 0 Å². The lowest BCUT2D eigenvalue weighted by molar-refractivity contribution is 0.0946. The predicted molar refractivity (Wildman–Crippen MR) is 83.1 cm³/mol. The Morgan fingerprint density at radius 1 is 1.30 bits per heavy atom. The van der Waals surface area contributed by atoms with Crippen molar-refractivity contribution in [2.24, 2.45) is 7.05 Å². The van der Waals surface area contributed by atoms with E-state index in [2.05, 4.69) is 10.4 Å². The fraction of sp³-hybridized carbons (Fsp3) is 0.188. The molecule has 7 nitrogen and oxygen atoms in total. The van der Waals surface area contributed by atoms with E-state index >= 15 is 0 Å². The second-order valence-electron chi connectivity index (χ2n) is 5.07. The Morgan fingerprint density at radius 2 is 2.17 bits per heavy atom. The molecule has 1 N–H and O–H groups in total. The van der Waals surface area contributed by atoms with Crippen LogP contribution >= 0.6 is 0 Å². The highest BCUT2D eigenvalue weighted by molar-refractivity contribution is 5.93. The molecule has 0 saturated carbocycles. The van der Waals surface area contributed by atoms with E-state index in [0.29, 0.717) is 5.76 Å². The number of aryl methyl sites for hydroxylation is 1. The van der Waals surface area contributed by atoms with E-state index in [-0.39, 0.29) is 23.7 Å². The molecule has 0 bridgehead atoms. The average Bonchev–Trinajstić information content (AvgIpc) is 3.24. The van der Waals surface area contributed by atoms with Gasteiger partial charge in [-0.05, 0) is 30.3 Å². The SMILES string of the molecule is Cn1cccc(C(=O)NC[C@@H](c2ccco2)n2cccn2)c1=O. The topological polar surface area (TPSA) is 82.1 Å². The first-order valence-electron chi connectivity index (χ1n) is 7.13. The van der Waals surface area contributed by atoms with Gasteiger partial charge in [0.2, 0.25) is 0 Å². The lowest BCUT2D eigenvalue weighted by atomic mass is 10.2. The first-order chi connectivity index (χ1) is 11.2. The van der Waals surface area contributed by atoms with Crippen LogP contribution in [0, 0.1) is 0 Å². The van der Waals surface area contributed by atoms with Gasteiger partial charge in [0.25, 0.3) is 11.5 Å². The molecule has 3 aromatic rings. The van der Waals surface area contributed by atoms with E-state index in [1.165, 1.54) is 10.6 Å². The van der Waals surface area contributed by atoms with Crippen molar-refractivity contribution in [3.8, 4) is 0 Å². The van der Waals surface area contributed by atoms with Gasteiger partial charge in [0, 0.05) is 32.2 Å². The molecule has 23 heavy (non-hydrogen) atoms. The zero-order chi connectivity index (χ0) is 16.2. The summed E-state index contributed by atoms with van der Waals surface area (Å²) in [6, 6.07) is 8.28. The second-order valence-corrected chi connectivity index (χ2v) is 5.07. The number of carbonyl (C=O) groups excluding carboxylic acids is 1. The monoisotopic (exact) mass is 312 g/mol. The van der Waals surface area contributed by atoms with Gasteiger partial charge in [-0.25, -0.2) is 0 Å². The second kappa shape index (κ2) is 6.35. The number of nitrogens with zero attached hydrogens (tertiary/aromatic N) is 3. The summed E-state index contributed by atoms with van der Waals surface area (Å²) < 4.78 is 8.49. The number of amides is 1. The fourth-order valence-corrected chi connectivity index (χ4v) is 2.33. The molecule has 0 unspecified atom stereocenters. The fourth-order valence-electron chi connectivity index (χ4n) is 2.33. The van der Waals surface area contributed by atoms with Gasteiger partial charge in [-0.2, -0.15) is 5.10 Å². The lowest BCUT2D eigenvalue weighted by Crippen LogP contribution is -2.35. The molecule has 1 atom stereocenters. The summed E-state index contributed by atoms with van der Waals surface area (Å²) in [6.07, 6.45) is 6.63. The Hall–Kier alpha value is -3.09. The van der Waals surface area contributed by atoms with Crippen molar-refractivity contribution < 1.29 is 9.21 Å². The number of furan rings is 1. The van der Waals surface area contributed by atoms with Gasteiger partial charge < -0.3 is 14.3 Å². The van der Waals surface area contributed by atoms with E-state index in [1.54, 1.807) is 54.8 Å². The third-order valence-electron chi connectivity index (χ3n) is 3.54. The van der Waals surface area contributed by atoms with Crippen LogP contribution in [-0.2, 0) is 7.05 Å². The van der Waals surface area contributed by atoms with Crippen LogP contribution in [0.1, 0.15) is 22.2 Å². The van der Waals surface area contributed by atoms with Crippen LogP contribution in [0.2, 0.25) is 0 Å². The molecule has 3 rings (SSSR count). The van der Waals surface area contributed by atoms with Crippen molar-refractivity contribution in [1.29, 1.82) is 0 Å². The van der Waals surface area contributed by atoms with E-state index < -0.39 is 5.91 Å². The molecule has 0 saturated heterocycles. The maximum atomic E-state index is 12.3. The number of aromatic nitrogens is 3. The molecule has 7 heteroatoms. The Kier molecular flexibility index (Phi) is 4.09. The number of carbonyl (C=O) groups is 1. The highest BCUT2D eigenvalue weighted by Gasteiger charge is 2.19. The van der Waals surface area contributed by atoms with Gasteiger partial charge in [-0.15, -0.1) is 0 Å². The summed E-state index contributed by atoms with van der Waals surface area (Å²) in [5.74, 6) is 0.255. The molecule has 0 aliphatic rings. The Bertz CT molecular complexity index is 800. The van der Waals surface area contributed by atoms with Gasteiger partial charge in [0.05, 0.1) is 6.26 Å². The molecule has 1 amide bonds. The number of pyridine rings is 1. The maximum absolute atomic E-state index is 12.3. The number of nitrogens with one attached hydrogen (secondary N) is 1. The number of hydrogen-bond acceptors (Lipinski definition) is 4. The van der Waals surface area contributed by atoms with Crippen molar-refractivity contribution in [2.75, 3.05) is 6.54 Å². The molecule has 0 fully saturated rings. The van der Waals surface area contributed by atoms with Crippen LogP contribution in [-0.4, -0.2) is 26.8 Å². The lowest BCUT2D eigenvalue weighted by Gasteiger charge is -2.16. The van der Waals surface area contributed by atoms with Crippen molar-refractivity contribution in [3.05, 3.63) is 76.9 Å². The van der Waals surface area contributed by atoms with Crippen LogP contribution in [0.4, 0.5) is 0 Å². The smallest absolute Gasteiger partial charge is 0.263 e. The molecule has 118 valence electrons. The van der Waals surface area contributed by atoms with Crippen molar-refractivity contribution in [1.82, 2.24) is 19.7 Å². The summed E-state index contributed by atoms with van der Waals surface area (Å²) in [6.45, 7) is 0.256. The first-order valence-corrected chi connectivity index (χ1v) is 7.13. The highest BCUT2D eigenvalue weighted by Crippen LogP contribution is 2.17. The standard InChI is InChI=1S/C16H16N4O3/c1-19-8-2-5-12(16(19)22)15(21)17-11-13(14-6-3-10-23-14)20-9-4-7-18-20/h2-10,13H,11H2,1H3,(H,17,21)/t13-/m0/s1. The quantitative estimate of drug-likeness (QED) is 0.767. The molecular weight excluding hydrogens is 296 g/mol. The Labute approximate surface area is 132 Å². The Balaban J connectivity index is 1.78. The zero-order valence-electron chi connectivity index (χ0n) is 12.5. The molecule has 0 aliphatic heterocycles. The molecule has 3 aromatic heterocycles. The zero-order valence-corrected chi connectivity index (χ0v) is 12.5. The van der Waals surface area contributed by atoms with Crippen LogP contribution < -0.4 is 10.9 Å². The van der Waals surface area contributed by atoms with Crippen molar-refractivity contribution in [3.63, 3.8) is 0 Å². The Morgan fingerprint density at radius 3 is 2.87 bits per heavy atom. The van der Waals surface area contributed by atoms with E-state index in [4.69, 9.17) is 4.42 Å². The third kappa shape index (κ3) is 3.08. The van der Waals surface area contributed by atoms with Gasteiger partial charge in [-0.1, -0.05) is 0 Å². The summed E-state index contributed by atoms with van der Waals surface area (Å²) in [5, 5.41) is 6.96. The van der Waals surface area contributed by atoms with Gasteiger partial charge in [-0.3, -0.25) is 14.3 Å². The minimum absolute atomic E-state index is 0.105. The van der Waals surface area contributed by atoms with Gasteiger partial charge in [0.15, 0.2) is 0 Å². The van der Waals surface area contributed by atoms with Crippen molar-refractivity contribution >= 4 is 5.91 Å². The van der Waals surface area contributed by atoms with E-state index in [9.17, 15) is 9.59 Å². The molecule has 0 radical (unpaired) electrons. The van der Waals surface area contributed by atoms with Crippen LogP contribution in [0.15, 0.2) is 64.4 Å². The van der Waals surface area contributed by atoms with Gasteiger partial charge in [0.1, 0.15) is 17.4 Å². The van der Waals surface area contributed by atoms with Crippen LogP contribution in [0.3, 0.4) is 0 Å². The highest BCUT2D eigenvalue weighted by atomic mass is 16.3. The third-order valence-corrected chi connectivity index (χ3v) is 3.54. The summed E-state index contributed by atoms with van der Waals surface area (Å²) in [4.78, 5) is 24.3. The van der Waals surface area contributed by atoms with Crippen molar-refractivity contribution in [2.45, 2.75) is 6.04 Å². The molecule has 3 heterocycles. The average molecular weight is 312 g/mol. The minimum atomic E-state index is -0.421. The molecule has 0 aliphatic carbocycles. The molecule has 0 spiro atoms. The molecule has 0 aromatic carbocycles. The molecular formula is C16H16N4O3. The first kappa shape index (κ1) is 14.8. The normalized spacial score (nSPS) is 12.0. The minimum Gasteiger partial charge on any atom is -0.467 e. The number of hydrogen-bond donors (Lipinski definition) is 1. The van der Waals surface area contributed by atoms with Crippen LogP contribution in [0.25, 0.3) is 0 Å². The summed E-state index contributed by atoms with van der Waals surface area (Å²) >= 11 is 0. The largest absolute Gasteiger partial charge is 0.467 e. The summed E-state index contributed by atoms with van der Waals surface area (Å²) in [7, 11) is 1.61. The van der Waals surface area contributed by atoms with E-state index in [1.807, 2.05) is 6.07 Å². The van der Waals surface area contributed by atoms with E-state index in [0.717, 1.165) is 0 Å². The van der Waals surface area contributed by atoms with Gasteiger partial charge >= 0.3 is 0 Å². The predicted octanol–water partition coefficient (Wildman–Crippen LogP) is 1.19. The maximum Gasteiger partial charge on any atom is 0.263 e. The summed E-state index contributed by atoms with van der Waals surface area (Å²) in [5.41, 5.74) is -0.229. The number of rotatable bonds is 5.